The van der Waals surface area contributed by atoms with Crippen LogP contribution in [0.5, 0.6) is 0 Å². The Balaban J connectivity index is 1.55. The molecule has 0 saturated heterocycles. The van der Waals surface area contributed by atoms with E-state index in [0.29, 0.717) is 0 Å². The third kappa shape index (κ3) is 3.75. The van der Waals surface area contributed by atoms with Gasteiger partial charge in [-0.2, -0.15) is 0 Å². The van der Waals surface area contributed by atoms with Crippen LogP contribution in [0.1, 0.15) is 22.4 Å². The molecule has 0 aliphatic heterocycles. The van der Waals surface area contributed by atoms with Crippen molar-refractivity contribution in [1.29, 1.82) is 0 Å². The van der Waals surface area contributed by atoms with Crippen molar-refractivity contribution >= 4 is 22.7 Å². The van der Waals surface area contributed by atoms with Gasteiger partial charge in [-0.1, -0.05) is 13.0 Å². The van der Waals surface area contributed by atoms with Crippen molar-refractivity contribution in [1.82, 2.24) is 15.3 Å². The molecule has 1 N–H and O–H groups in total. The van der Waals surface area contributed by atoms with Crippen LogP contribution in [0, 0.1) is 0 Å². The predicted molar refractivity (Wildman–Crippen MR) is 89.6 cm³/mol. The normalized spacial score (nSPS) is 10.9. The smallest absolute Gasteiger partial charge is 0.142 e. The third-order valence-electron chi connectivity index (χ3n) is 3.11. The minimum Gasteiger partial charge on any atom is -0.306 e. The van der Waals surface area contributed by atoms with E-state index < -0.39 is 0 Å². The van der Waals surface area contributed by atoms with Crippen molar-refractivity contribution < 1.29 is 0 Å². The van der Waals surface area contributed by atoms with Crippen LogP contribution in [0.3, 0.4) is 0 Å². The number of hydrogen-bond acceptors (Lipinski definition) is 5. The Hall–Kier alpha value is -1.56. The van der Waals surface area contributed by atoms with Crippen molar-refractivity contribution in [3.8, 4) is 10.7 Å². The van der Waals surface area contributed by atoms with E-state index in [0.717, 1.165) is 35.9 Å². The molecule has 0 spiro atoms. The molecule has 21 heavy (non-hydrogen) atoms. The first kappa shape index (κ1) is 14.4. The zero-order valence-corrected chi connectivity index (χ0v) is 13.5. The second-order valence-corrected chi connectivity index (χ2v) is 6.80. The number of nitrogens with one attached hydrogen (secondary N) is 1. The monoisotopic (exact) mass is 315 g/mol. The first-order valence-corrected chi connectivity index (χ1v) is 8.69. The summed E-state index contributed by atoms with van der Waals surface area (Å²) in [6, 6.07) is 10.3. The van der Waals surface area contributed by atoms with E-state index in [1.807, 2.05) is 29.5 Å². The van der Waals surface area contributed by atoms with E-state index in [9.17, 15) is 0 Å². The van der Waals surface area contributed by atoms with Gasteiger partial charge < -0.3 is 5.32 Å². The van der Waals surface area contributed by atoms with Gasteiger partial charge in [0.25, 0.3) is 0 Å². The number of aryl methyl sites for hydroxylation is 1. The molecule has 5 heteroatoms. The van der Waals surface area contributed by atoms with Gasteiger partial charge in [0.15, 0.2) is 0 Å². The molecule has 0 radical (unpaired) electrons. The Morgan fingerprint density at radius 3 is 2.76 bits per heavy atom. The number of pyridine rings is 1. The molecule has 0 saturated carbocycles. The lowest BCUT2D eigenvalue weighted by Gasteiger charge is -2.00. The van der Waals surface area contributed by atoms with Gasteiger partial charge in [-0.3, -0.25) is 4.98 Å². The Kier molecular flexibility index (Phi) is 4.75. The average molecular weight is 315 g/mol. The third-order valence-corrected chi connectivity index (χ3v) is 5.25. The zero-order valence-electron chi connectivity index (χ0n) is 11.9. The van der Waals surface area contributed by atoms with Crippen LogP contribution in [-0.2, 0) is 19.5 Å². The molecule has 0 bridgehead atoms. The summed E-state index contributed by atoms with van der Waals surface area (Å²) < 4.78 is 0. The standard InChI is InChI=1S/C16H17N3S2/c1-2-13-6-7-14(21-13)10-17-9-12-11-20-16(19-12)15-5-3-4-8-18-15/h3-8,11,17H,2,9-10H2,1H3. The first-order chi connectivity index (χ1) is 10.3. The number of aromatic nitrogens is 2. The van der Waals surface area contributed by atoms with Gasteiger partial charge >= 0.3 is 0 Å². The molecule has 0 aliphatic rings. The summed E-state index contributed by atoms with van der Waals surface area (Å²) in [6.45, 7) is 3.89. The second-order valence-electron chi connectivity index (χ2n) is 4.68. The van der Waals surface area contributed by atoms with E-state index in [1.54, 1.807) is 17.5 Å². The van der Waals surface area contributed by atoms with Crippen LogP contribution in [0.25, 0.3) is 10.7 Å². The van der Waals surface area contributed by atoms with Crippen LogP contribution < -0.4 is 5.32 Å². The molecule has 0 amide bonds. The maximum absolute atomic E-state index is 4.63. The van der Waals surface area contributed by atoms with Gasteiger partial charge in [0.05, 0.1) is 11.4 Å². The summed E-state index contributed by atoms with van der Waals surface area (Å²) >= 11 is 3.53. The molecule has 0 aliphatic carbocycles. The van der Waals surface area contributed by atoms with E-state index in [2.05, 4.69) is 39.7 Å². The Bertz CT molecular complexity index is 688. The van der Waals surface area contributed by atoms with E-state index >= 15 is 0 Å². The molecule has 0 aromatic carbocycles. The highest BCUT2D eigenvalue weighted by Crippen LogP contribution is 2.21. The van der Waals surface area contributed by atoms with E-state index in [1.165, 1.54) is 9.75 Å². The minimum atomic E-state index is 0.794. The minimum absolute atomic E-state index is 0.794. The molecule has 3 heterocycles. The molecule has 3 aromatic rings. The Morgan fingerprint density at radius 2 is 2.00 bits per heavy atom. The Morgan fingerprint density at radius 1 is 1.10 bits per heavy atom. The summed E-state index contributed by atoms with van der Waals surface area (Å²) in [5, 5.41) is 6.54. The van der Waals surface area contributed by atoms with Gasteiger partial charge in [0.2, 0.25) is 0 Å². The molecule has 3 rings (SSSR count). The van der Waals surface area contributed by atoms with E-state index in [4.69, 9.17) is 0 Å². The Labute approximate surface area is 132 Å². The van der Waals surface area contributed by atoms with Gasteiger partial charge in [0.1, 0.15) is 5.01 Å². The number of hydrogen-bond donors (Lipinski definition) is 1. The lowest BCUT2D eigenvalue weighted by atomic mass is 10.3. The highest BCUT2D eigenvalue weighted by atomic mass is 32.1. The molecule has 0 atom stereocenters. The average Bonchev–Trinajstić information content (AvgIpc) is 3.17. The molecule has 108 valence electrons. The van der Waals surface area contributed by atoms with Gasteiger partial charge in [-0.05, 0) is 30.7 Å². The fraction of sp³-hybridized carbons (Fsp3) is 0.250. The molecular weight excluding hydrogens is 298 g/mol. The molecule has 3 nitrogen and oxygen atoms in total. The SMILES string of the molecule is CCc1ccc(CNCc2csc(-c3ccccn3)n2)s1. The van der Waals surface area contributed by atoms with Crippen molar-refractivity contribution in [3.05, 3.63) is 57.4 Å². The highest BCUT2D eigenvalue weighted by Gasteiger charge is 2.05. The van der Waals surface area contributed by atoms with Crippen LogP contribution >= 0.6 is 22.7 Å². The first-order valence-electron chi connectivity index (χ1n) is 6.99. The number of thiophene rings is 1. The lowest BCUT2D eigenvalue weighted by Crippen LogP contribution is -2.11. The number of thiazole rings is 1. The van der Waals surface area contributed by atoms with Crippen LogP contribution in [0.2, 0.25) is 0 Å². The zero-order chi connectivity index (χ0) is 14.5. The largest absolute Gasteiger partial charge is 0.306 e. The molecule has 0 unspecified atom stereocenters. The number of rotatable bonds is 6. The topological polar surface area (TPSA) is 37.8 Å². The fourth-order valence-electron chi connectivity index (χ4n) is 2.02. The van der Waals surface area contributed by atoms with Crippen LogP contribution in [-0.4, -0.2) is 9.97 Å². The molecular formula is C16H17N3S2. The lowest BCUT2D eigenvalue weighted by molar-refractivity contribution is 0.690. The van der Waals surface area contributed by atoms with Crippen LogP contribution in [0.15, 0.2) is 41.9 Å². The van der Waals surface area contributed by atoms with Crippen molar-refractivity contribution in [2.45, 2.75) is 26.4 Å². The van der Waals surface area contributed by atoms with E-state index in [-0.39, 0.29) is 0 Å². The summed E-state index contributed by atoms with van der Waals surface area (Å²) in [7, 11) is 0. The molecule has 3 aromatic heterocycles. The summed E-state index contributed by atoms with van der Waals surface area (Å²) in [6.07, 6.45) is 2.92. The number of nitrogens with zero attached hydrogens (tertiary/aromatic N) is 2. The van der Waals surface area contributed by atoms with Gasteiger partial charge in [-0.25, -0.2) is 4.98 Å². The van der Waals surface area contributed by atoms with Crippen molar-refractivity contribution in [2.75, 3.05) is 0 Å². The second kappa shape index (κ2) is 6.93. The molecule has 0 fully saturated rings. The summed E-state index contributed by atoms with van der Waals surface area (Å²) in [5.74, 6) is 0. The van der Waals surface area contributed by atoms with Crippen molar-refractivity contribution in [3.63, 3.8) is 0 Å². The van der Waals surface area contributed by atoms with Crippen molar-refractivity contribution in [2.24, 2.45) is 0 Å². The van der Waals surface area contributed by atoms with Gasteiger partial charge in [0, 0.05) is 34.4 Å². The quantitative estimate of drug-likeness (QED) is 0.743. The fourth-order valence-corrected chi connectivity index (χ4v) is 3.74. The summed E-state index contributed by atoms with van der Waals surface area (Å²) in [4.78, 5) is 11.8. The van der Waals surface area contributed by atoms with Gasteiger partial charge in [-0.15, -0.1) is 22.7 Å². The maximum Gasteiger partial charge on any atom is 0.142 e. The maximum atomic E-state index is 4.63. The predicted octanol–water partition coefficient (Wildman–Crippen LogP) is 4.12. The highest BCUT2D eigenvalue weighted by molar-refractivity contribution is 7.13. The van der Waals surface area contributed by atoms with Crippen LogP contribution in [0.4, 0.5) is 0 Å². The summed E-state index contributed by atoms with van der Waals surface area (Å²) in [5.41, 5.74) is 2.02.